The number of halogens is 2. The molecule has 0 unspecified atom stereocenters. The molecule has 1 atom stereocenters. The van der Waals surface area contributed by atoms with Gasteiger partial charge in [-0.25, -0.2) is 17.2 Å². The molecular weight excluding hydrogens is 362 g/mol. The van der Waals surface area contributed by atoms with Gasteiger partial charge in [0.15, 0.2) is 0 Å². The van der Waals surface area contributed by atoms with E-state index in [4.69, 9.17) is 0 Å². The second-order valence-electron chi connectivity index (χ2n) is 5.93. The zero-order valence-corrected chi connectivity index (χ0v) is 15.5. The van der Waals surface area contributed by atoms with Crippen LogP contribution in [0.15, 0.2) is 42.5 Å². The van der Waals surface area contributed by atoms with Crippen LogP contribution in [-0.4, -0.2) is 26.6 Å². The molecule has 0 fully saturated rings. The third-order valence-electron chi connectivity index (χ3n) is 3.81. The van der Waals surface area contributed by atoms with Gasteiger partial charge >= 0.3 is 0 Å². The summed E-state index contributed by atoms with van der Waals surface area (Å²) < 4.78 is 52.4. The highest BCUT2D eigenvalue weighted by Gasteiger charge is 2.31. The van der Waals surface area contributed by atoms with E-state index in [2.05, 4.69) is 5.32 Å². The van der Waals surface area contributed by atoms with Crippen LogP contribution in [0.25, 0.3) is 0 Å². The summed E-state index contributed by atoms with van der Waals surface area (Å²) >= 11 is 0. The van der Waals surface area contributed by atoms with Crippen LogP contribution >= 0.6 is 0 Å². The standard InChI is InChI=1S/C18H20F2N2O3S/c1-4-17(18(23)21-16-10-7-13(19)11-15(16)20)22(26(3,24)25)14-8-5-12(2)6-9-14/h5-11,17H,4H2,1-3H3,(H,21,23)/t17-/m0/s1. The number of carbonyl (C=O) groups excluding carboxylic acids is 1. The number of amides is 1. The third kappa shape index (κ3) is 4.57. The largest absolute Gasteiger partial charge is 0.322 e. The number of anilines is 2. The van der Waals surface area contributed by atoms with E-state index in [-0.39, 0.29) is 12.1 Å². The van der Waals surface area contributed by atoms with E-state index in [0.717, 1.165) is 28.3 Å². The van der Waals surface area contributed by atoms with Crippen molar-refractivity contribution in [2.75, 3.05) is 15.9 Å². The molecule has 0 heterocycles. The number of hydrogen-bond donors (Lipinski definition) is 1. The quantitative estimate of drug-likeness (QED) is 0.832. The lowest BCUT2D eigenvalue weighted by atomic mass is 10.1. The first kappa shape index (κ1) is 19.8. The second kappa shape index (κ2) is 7.82. The molecule has 5 nitrogen and oxygen atoms in total. The number of sulfonamides is 1. The highest BCUT2D eigenvalue weighted by Crippen LogP contribution is 2.24. The van der Waals surface area contributed by atoms with Gasteiger partial charge in [-0.15, -0.1) is 0 Å². The summed E-state index contributed by atoms with van der Waals surface area (Å²) in [5.74, 6) is -2.41. The number of benzene rings is 2. The fourth-order valence-corrected chi connectivity index (χ4v) is 3.77. The van der Waals surface area contributed by atoms with Crippen LogP contribution in [0.1, 0.15) is 18.9 Å². The Morgan fingerprint density at radius 3 is 2.27 bits per heavy atom. The number of carbonyl (C=O) groups is 1. The smallest absolute Gasteiger partial charge is 0.248 e. The van der Waals surface area contributed by atoms with Gasteiger partial charge in [0.05, 0.1) is 17.6 Å². The van der Waals surface area contributed by atoms with Gasteiger partial charge in [-0.05, 0) is 37.6 Å². The van der Waals surface area contributed by atoms with Crippen molar-refractivity contribution in [3.05, 3.63) is 59.7 Å². The normalized spacial score (nSPS) is 12.5. The Bertz CT molecular complexity index is 899. The minimum absolute atomic E-state index is 0.162. The number of rotatable bonds is 6. The van der Waals surface area contributed by atoms with Crippen molar-refractivity contribution < 1.29 is 22.0 Å². The fraction of sp³-hybridized carbons (Fsp3) is 0.278. The van der Waals surface area contributed by atoms with Crippen molar-refractivity contribution in [3.63, 3.8) is 0 Å². The zero-order valence-electron chi connectivity index (χ0n) is 14.7. The van der Waals surface area contributed by atoms with E-state index >= 15 is 0 Å². The topological polar surface area (TPSA) is 66.5 Å². The molecule has 8 heteroatoms. The van der Waals surface area contributed by atoms with Crippen LogP contribution in [0.4, 0.5) is 20.2 Å². The molecule has 0 spiro atoms. The zero-order chi connectivity index (χ0) is 19.5. The summed E-state index contributed by atoms with van der Waals surface area (Å²) in [7, 11) is -3.78. The predicted octanol–water partition coefficient (Wildman–Crippen LogP) is 3.46. The van der Waals surface area contributed by atoms with Gasteiger partial charge in [0.2, 0.25) is 15.9 Å². The second-order valence-corrected chi connectivity index (χ2v) is 7.79. The molecule has 0 saturated heterocycles. The maximum atomic E-state index is 13.8. The van der Waals surface area contributed by atoms with E-state index in [1.807, 2.05) is 6.92 Å². The highest BCUT2D eigenvalue weighted by atomic mass is 32.2. The van der Waals surface area contributed by atoms with Gasteiger partial charge in [0.25, 0.3) is 0 Å². The molecular formula is C18H20F2N2O3S. The fourth-order valence-electron chi connectivity index (χ4n) is 2.56. The molecule has 0 saturated carbocycles. The average Bonchev–Trinajstić information content (AvgIpc) is 2.55. The minimum atomic E-state index is -3.78. The van der Waals surface area contributed by atoms with Gasteiger partial charge in [0.1, 0.15) is 17.7 Å². The molecule has 0 aromatic heterocycles. The summed E-state index contributed by atoms with van der Waals surface area (Å²) in [6.45, 7) is 3.51. The van der Waals surface area contributed by atoms with Gasteiger partial charge in [-0.2, -0.15) is 0 Å². The van der Waals surface area contributed by atoms with Crippen LogP contribution in [0.2, 0.25) is 0 Å². The highest BCUT2D eigenvalue weighted by molar-refractivity contribution is 7.92. The molecule has 0 aliphatic rings. The molecule has 0 aliphatic carbocycles. The molecule has 1 N–H and O–H groups in total. The van der Waals surface area contributed by atoms with Crippen LogP contribution in [-0.2, 0) is 14.8 Å². The molecule has 2 aromatic rings. The van der Waals surface area contributed by atoms with Crippen molar-refractivity contribution in [2.45, 2.75) is 26.3 Å². The summed E-state index contributed by atoms with van der Waals surface area (Å²) in [6.07, 6.45) is 1.16. The van der Waals surface area contributed by atoms with Crippen LogP contribution in [0, 0.1) is 18.6 Å². The van der Waals surface area contributed by atoms with E-state index in [1.165, 1.54) is 0 Å². The molecule has 2 rings (SSSR count). The maximum absolute atomic E-state index is 13.8. The van der Waals surface area contributed by atoms with Gasteiger partial charge in [0, 0.05) is 6.07 Å². The van der Waals surface area contributed by atoms with Crippen LogP contribution in [0.5, 0.6) is 0 Å². The lowest BCUT2D eigenvalue weighted by Crippen LogP contribution is -2.47. The molecule has 0 radical (unpaired) electrons. The van der Waals surface area contributed by atoms with Crippen LogP contribution < -0.4 is 9.62 Å². The van der Waals surface area contributed by atoms with Gasteiger partial charge < -0.3 is 5.32 Å². The number of aryl methyl sites for hydroxylation is 1. The lowest BCUT2D eigenvalue weighted by molar-refractivity contribution is -0.117. The van der Waals surface area contributed by atoms with Crippen molar-refractivity contribution in [1.29, 1.82) is 0 Å². The van der Waals surface area contributed by atoms with E-state index in [1.54, 1.807) is 31.2 Å². The number of nitrogens with one attached hydrogen (secondary N) is 1. The van der Waals surface area contributed by atoms with Crippen LogP contribution in [0.3, 0.4) is 0 Å². The van der Waals surface area contributed by atoms with E-state index < -0.39 is 33.6 Å². The average molecular weight is 382 g/mol. The van der Waals surface area contributed by atoms with Gasteiger partial charge in [-0.3, -0.25) is 9.10 Å². The van der Waals surface area contributed by atoms with E-state index in [9.17, 15) is 22.0 Å². The SMILES string of the molecule is CC[C@@H](C(=O)Nc1ccc(F)cc1F)N(c1ccc(C)cc1)S(C)(=O)=O. The minimum Gasteiger partial charge on any atom is -0.322 e. The first-order valence-electron chi connectivity index (χ1n) is 7.95. The van der Waals surface area contributed by atoms with Crippen molar-refractivity contribution in [3.8, 4) is 0 Å². The van der Waals surface area contributed by atoms with Gasteiger partial charge in [-0.1, -0.05) is 24.6 Å². The summed E-state index contributed by atoms with van der Waals surface area (Å²) in [6, 6.07) is 8.33. The van der Waals surface area contributed by atoms with Crippen molar-refractivity contribution >= 4 is 27.3 Å². The number of nitrogens with zero attached hydrogens (tertiary/aromatic N) is 1. The first-order valence-corrected chi connectivity index (χ1v) is 9.80. The third-order valence-corrected chi connectivity index (χ3v) is 4.99. The summed E-state index contributed by atoms with van der Waals surface area (Å²) in [5, 5.41) is 2.34. The first-order chi connectivity index (χ1) is 12.1. The molecule has 2 aromatic carbocycles. The molecule has 0 aliphatic heterocycles. The molecule has 26 heavy (non-hydrogen) atoms. The Hall–Kier alpha value is -2.48. The van der Waals surface area contributed by atoms with E-state index in [0.29, 0.717) is 11.8 Å². The lowest BCUT2D eigenvalue weighted by Gasteiger charge is -2.30. The molecule has 140 valence electrons. The summed E-state index contributed by atoms with van der Waals surface area (Å²) in [5.41, 5.74) is 1.06. The number of hydrogen-bond acceptors (Lipinski definition) is 3. The molecule has 0 bridgehead atoms. The predicted molar refractivity (Wildman–Crippen MR) is 97.6 cm³/mol. The van der Waals surface area contributed by atoms with Crippen molar-refractivity contribution in [2.24, 2.45) is 0 Å². The monoisotopic (exact) mass is 382 g/mol. The Kier molecular flexibility index (Phi) is 5.97. The molecule has 1 amide bonds. The maximum Gasteiger partial charge on any atom is 0.248 e. The Balaban J connectivity index is 2.38. The summed E-state index contributed by atoms with van der Waals surface area (Å²) in [4.78, 5) is 12.6. The Morgan fingerprint density at radius 1 is 1.15 bits per heavy atom. The Morgan fingerprint density at radius 2 is 1.77 bits per heavy atom. The Labute approximate surface area is 151 Å². The van der Waals surface area contributed by atoms with Crippen molar-refractivity contribution in [1.82, 2.24) is 0 Å².